The van der Waals surface area contributed by atoms with Gasteiger partial charge in [-0.25, -0.2) is 0 Å². The first kappa shape index (κ1) is 10.5. The zero-order valence-electron chi connectivity index (χ0n) is 8.81. The van der Waals surface area contributed by atoms with Crippen LogP contribution in [0.3, 0.4) is 0 Å². The highest BCUT2D eigenvalue weighted by Gasteiger charge is 2.20. The van der Waals surface area contributed by atoms with Gasteiger partial charge in [-0.1, -0.05) is 0 Å². The van der Waals surface area contributed by atoms with Crippen LogP contribution in [-0.4, -0.2) is 19.7 Å². The highest BCUT2D eigenvalue weighted by Crippen LogP contribution is 2.26. The number of nitrogens with one attached hydrogen (secondary N) is 1. The van der Waals surface area contributed by atoms with Gasteiger partial charge in [0, 0.05) is 11.7 Å². The minimum Gasteiger partial charge on any atom is -0.294 e. The van der Waals surface area contributed by atoms with Crippen LogP contribution in [0, 0.1) is 4.77 Å². The second kappa shape index (κ2) is 3.53. The molecule has 80 valence electrons. The van der Waals surface area contributed by atoms with Crippen LogP contribution >= 0.6 is 23.6 Å². The summed E-state index contributed by atoms with van der Waals surface area (Å²) in [4.78, 5) is 5.07. The Labute approximate surface area is 97.0 Å². The summed E-state index contributed by atoms with van der Waals surface area (Å²) in [6.45, 7) is 6.30. The van der Waals surface area contributed by atoms with Crippen molar-refractivity contribution in [3.05, 3.63) is 16.5 Å². The molecule has 15 heavy (non-hydrogen) atoms. The Morgan fingerprint density at radius 1 is 1.47 bits per heavy atom. The normalized spacial score (nSPS) is 11.9. The maximum atomic E-state index is 5.22. The van der Waals surface area contributed by atoms with E-state index in [1.807, 2.05) is 4.57 Å². The summed E-state index contributed by atoms with van der Waals surface area (Å²) in [5.41, 5.74) is 1.71. The van der Waals surface area contributed by atoms with Crippen LogP contribution in [0.25, 0.3) is 10.7 Å². The molecule has 0 bridgehead atoms. The van der Waals surface area contributed by atoms with E-state index >= 15 is 0 Å². The SMILES string of the molecule is CC(C)(C)n1c(-c2cncs2)n[nH]c1=S. The first-order chi connectivity index (χ1) is 7.00. The molecule has 2 heterocycles. The molecule has 0 saturated carbocycles. The van der Waals surface area contributed by atoms with Crippen LogP contribution in [0.15, 0.2) is 11.7 Å². The van der Waals surface area contributed by atoms with Crippen molar-refractivity contribution in [3.63, 3.8) is 0 Å². The second-order valence-electron chi connectivity index (χ2n) is 4.22. The smallest absolute Gasteiger partial charge is 0.195 e. The molecule has 0 amide bonds. The molecular formula is C9H12N4S2. The van der Waals surface area contributed by atoms with Crippen LogP contribution in [0.4, 0.5) is 0 Å². The molecule has 1 N–H and O–H groups in total. The first-order valence-electron chi connectivity index (χ1n) is 4.57. The van der Waals surface area contributed by atoms with Gasteiger partial charge in [0.15, 0.2) is 10.6 Å². The minimum atomic E-state index is -0.0800. The summed E-state index contributed by atoms with van der Waals surface area (Å²) >= 11 is 6.78. The van der Waals surface area contributed by atoms with Gasteiger partial charge in [0.2, 0.25) is 0 Å². The van der Waals surface area contributed by atoms with Gasteiger partial charge in [-0.15, -0.1) is 11.3 Å². The maximum absolute atomic E-state index is 5.22. The van der Waals surface area contributed by atoms with Gasteiger partial charge in [-0.3, -0.25) is 14.6 Å². The van der Waals surface area contributed by atoms with Crippen LogP contribution in [0.1, 0.15) is 20.8 Å². The van der Waals surface area contributed by atoms with Crippen LogP contribution < -0.4 is 0 Å². The maximum Gasteiger partial charge on any atom is 0.195 e. The van der Waals surface area contributed by atoms with Crippen LogP contribution in [0.5, 0.6) is 0 Å². The monoisotopic (exact) mass is 240 g/mol. The van der Waals surface area contributed by atoms with E-state index in [1.54, 1.807) is 23.0 Å². The van der Waals surface area contributed by atoms with Crippen molar-refractivity contribution < 1.29 is 0 Å². The molecule has 2 aromatic rings. The van der Waals surface area contributed by atoms with E-state index in [0.29, 0.717) is 4.77 Å². The van der Waals surface area contributed by atoms with E-state index in [2.05, 4.69) is 36.0 Å². The summed E-state index contributed by atoms with van der Waals surface area (Å²) in [5.74, 6) is 0.856. The van der Waals surface area contributed by atoms with Crippen molar-refractivity contribution in [2.45, 2.75) is 26.3 Å². The molecule has 0 saturated heterocycles. The molecule has 0 radical (unpaired) electrons. The quantitative estimate of drug-likeness (QED) is 0.780. The Hall–Kier alpha value is -1.01. The molecule has 6 heteroatoms. The average molecular weight is 240 g/mol. The number of rotatable bonds is 1. The molecular weight excluding hydrogens is 228 g/mol. The highest BCUT2D eigenvalue weighted by molar-refractivity contribution is 7.71. The van der Waals surface area contributed by atoms with Gasteiger partial charge < -0.3 is 0 Å². The molecule has 0 aliphatic carbocycles. The van der Waals surface area contributed by atoms with Crippen LogP contribution in [-0.2, 0) is 5.54 Å². The Morgan fingerprint density at radius 2 is 2.20 bits per heavy atom. The summed E-state index contributed by atoms with van der Waals surface area (Å²) in [6.07, 6.45) is 1.80. The topological polar surface area (TPSA) is 46.5 Å². The first-order valence-corrected chi connectivity index (χ1v) is 5.85. The molecule has 4 nitrogen and oxygen atoms in total. The average Bonchev–Trinajstić information content (AvgIpc) is 2.68. The van der Waals surface area contributed by atoms with E-state index < -0.39 is 0 Å². The molecule has 0 unspecified atom stereocenters. The Morgan fingerprint density at radius 3 is 2.73 bits per heavy atom. The van der Waals surface area contributed by atoms with E-state index in [0.717, 1.165) is 10.7 Å². The number of hydrogen-bond donors (Lipinski definition) is 1. The summed E-state index contributed by atoms with van der Waals surface area (Å²) < 4.78 is 2.65. The standard InChI is InChI=1S/C9H12N4S2/c1-9(2,3)13-7(11-12-8(13)14)6-4-10-5-15-6/h4-5H,1-3H3,(H,12,14). The zero-order chi connectivity index (χ0) is 11.1. The zero-order valence-corrected chi connectivity index (χ0v) is 10.4. The number of hydrogen-bond acceptors (Lipinski definition) is 4. The van der Waals surface area contributed by atoms with Crippen molar-refractivity contribution in [1.29, 1.82) is 0 Å². The number of thiazole rings is 1. The number of aromatic amines is 1. The van der Waals surface area contributed by atoms with Gasteiger partial charge in [-0.2, -0.15) is 5.10 Å². The molecule has 0 fully saturated rings. The van der Waals surface area contributed by atoms with E-state index in [1.165, 1.54) is 0 Å². The lowest BCUT2D eigenvalue weighted by molar-refractivity contribution is 0.396. The van der Waals surface area contributed by atoms with Gasteiger partial charge >= 0.3 is 0 Å². The second-order valence-corrected chi connectivity index (χ2v) is 5.50. The lowest BCUT2D eigenvalue weighted by Gasteiger charge is -2.21. The fraction of sp³-hybridized carbons (Fsp3) is 0.444. The largest absolute Gasteiger partial charge is 0.294 e. The third-order valence-electron chi connectivity index (χ3n) is 2.00. The predicted octanol–water partition coefficient (Wildman–Crippen LogP) is 2.82. The van der Waals surface area contributed by atoms with Crippen molar-refractivity contribution >= 4 is 23.6 Å². The van der Waals surface area contributed by atoms with Gasteiger partial charge in [0.25, 0.3) is 0 Å². The van der Waals surface area contributed by atoms with E-state index in [9.17, 15) is 0 Å². The summed E-state index contributed by atoms with van der Waals surface area (Å²) in [7, 11) is 0. The predicted molar refractivity (Wildman–Crippen MR) is 63.5 cm³/mol. The van der Waals surface area contributed by atoms with E-state index in [-0.39, 0.29) is 5.54 Å². The number of H-pyrrole nitrogens is 1. The highest BCUT2D eigenvalue weighted by atomic mass is 32.1. The van der Waals surface area contributed by atoms with Gasteiger partial charge in [-0.05, 0) is 33.0 Å². The third-order valence-corrected chi connectivity index (χ3v) is 3.04. The summed E-state index contributed by atoms with van der Waals surface area (Å²) in [5, 5.41) is 7.07. The molecule has 2 rings (SSSR count). The fourth-order valence-electron chi connectivity index (χ4n) is 1.41. The minimum absolute atomic E-state index is 0.0800. The number of aromatic nitrogens is 4. The summed E-state index contributed by atoms with van der Waals surface area (Å²) in [6, 6.07) is 0. The lowest BCUT2D eigenvalue weighted by atomic mass is 10.1. The molecule has 0 aromatic carbocycles. The van der Waals surface area contributed by atoms with Crippen molar-refractivity contribution in [2.24, 2.45) is 0 Å². The third kappa shape index (κ3) is 1.87. The molecule has 2 aromatic heterocycles. The molecule has 0 spiro atoms. The van der Waals surface area contributed by atoms with Crippen molar-refractivity contribution in [1.82, 2.24) is 19.7 Å². The van der Waals surface area contributed by atoms with Crippen molar-refractivity contribution in [2.75, 3.05) is 0 Å². The molecule has 0 aliphatic rings. The number of nitrogens with zero attached hydrogens (tertiary/aromatic N) is 3. The fourth-order valence-corrected chi connectivity index (χ4v) is 2.42. The molecule has 0 atom stereocenters. The Kier molecular flexibility index (Phi) is 2.47. The molecule has 0 aliphatic heterocycles. The van der Waals surface area contributed by atoms with Gasteiger partial charge in [0.1, 0.15) is 0 Å². The van der Waals surface area contributed by atoms with Crippen molar-refractivity contribution in [3.8, 4) is 10.7 Å². The van der Waals surface area contributed by atoms with Gasteiger partial charge in [0.05, 0.1) is 10.4 Å². The lowest BCUT2D eigenvalue weighted by Crippen LogP contribution is -2.22. The van der Waals surface area contributed by atoms with Crippen LogP contribution in [0.2, 0.25) is 0 Å². The Balaban J connectivity index is 2.65. The Bertz CT molecular complexity index is 501. The van der Waals surface area contributed by atoms with E-state index in [4.69, 9.17) is 12.2 Å².